The SMILES string of the molecule is COCCC1CC(C(C)C)CCC1N. The summed E-state index contributed by atoms with van der Waals surface area (Å²) in [5, 5.41) is 0. The maximum Gasteiger partial charge on any atom is 0.0465 e. The molecule has 1 fully saturated rings. The molecule has 0 aromatic heterocycles. The van der Waals surface area contributed by atoms with E-state index in [0.717, 1.165) is 24.9 Å². The van der Waals surface area contributed by atoms with Gasteiger partial charge in [-0.25, -0.2) is 0 Å². The lowest BCUT2D eigenvalue weighted by Crippen LogP contribution is -2.37. The van der Waals surface area contributed by atoms with Gasteiger partial charge in [0.25, 0.3) is 0 Å². The van der Waals surface area contributed by atoms with E-state index in [0.29, 0.717) is 12.0 Å². The third kappa shape index (κ3) is 3.25. The molecular weight excluding hydrogens is 174 g/mol. The van der Waals surface area contributed by atoms with Crippen molar-refractivity contribution in [3.8, 4) is 0 Å². The zero-order valence-electron chi connectivity index (χ0n) is 9.83. The summed E-state index contributed by atoms with van der Waals surface area (Å²) < 4.78 is 5.13. The van der Waals surface area contributed by atoms with Crippen LogP contribution in [0.4, 0.5) is 0 Å². The first-order valence-electron chi connectivity index (χ1n) is 5.89. The lowest BCUT2D eigenvalue weighted by molar-refractivity contribution is 0.129. The number of methoxy groups -OCH3 is 1. The second kappa shape index (κ2) is 5.72. The highest BCUT2D eigenvalue weighted by molar-refractivity contribution is 4.83. The highest BCUT2D eigenvalue weighted by atomic mass is 16.5. The molecule has 3 unspecified atom stereocenters. The van der Waals surface area contributed by atoms with Crippen molar-refractivity contribution in [1.29, 1.82) is 0 Å². The topological polar surface area (TPSA) is 35.2 Å². The minimum Gasteiger partial charge on any atom is -0.385 e. The maximum absolute atomic E-state index is 6.13. The summed E-state index contributed by atoms with van der Waals surface area (Å²) >= 11 is 0. The van der Waals surface area contributed by atoms with Gasteiger partial charge in [0.15, 0.2) is 0 Å². The summed E-state index contributed by atoms with van der Waals surface area (Å²) in [5.74, 6) is 2.39. The van der Waals surface area contributed by atoms with Crippen LogP contribution in [0.5, 0.6) is 0 Å². The molecule has 1 aliphatic carbocycles. The Morgan fingerprint density at radius 1 is 1.36 bits per heavy atom. The predicted molar refractivity (Wildman–Crippen MR) is 60.1 cm³/mol. The molecule has 84 valence electrons. The Morgan fingerprint density at radius 2 is 2.07 bits per heavy atom. The fraction of sp³-hybridized carbons (Fsp3) is 1.00. The van der Waals surface area contributed by atoms with Gasteiger partial charge in [0.05, 0.1) is 0 Å². The summed E-state index contributed by atoms with van der Waals surface area (Å²) in [6.07, 6.45) is 4.97. The predicted octanol–water partition coefficient (Wildman–Crippen LogP) is 2.42. The van der Waals surface area contributed by atoms with Gasteiger partial charge in [-0.05, 0) is 43.4 Å². The third-order valence-corrected chi connectivity index (χ3v) is 3.72. The fourth-order valence-corrected chi connectivity index (χ4v) is 2.53. The Labute approximate surface area is 88.2 Å². The minimum absolute atomic E-state index is 0.417. The van der Waals surface area contributed by atoms with Crippen molar-refractivity contribution in [2.24, 2.45) is 23.5 Å². The number of rotatable bonds is 4. The molecule has 0 spiro atoms. The van der Waals surface area contributed by atoms with Gasteiger partial charge in [-0.15, -0.1) is 0 Å². The molecule has 3 atom stereocenters. The van der Waals surface area contributed by atoms with E-state index in [4.69, 9.17) is 10.5 Å². The van der Waals surface area contributed by atoms with Crippen molar-refractivity contribution in [1.82, 2.24) is 0 Å². The van der Waals surface area contributed by atoms with Crippen LogP contribution < -0.4 is 5.73 Å². The number of ether oxygens (including phenoxy) is 1. The van der Waals surface area contributed by atoms with Crippen molar-refractivity contribution in [3.05, 3.63) is 0 Å². The van der Waals surface area contributed by atoms with Gasteiger partial charge in [-0.1, -0.05) is 13.8 Å². The fourth-order valence-electron chi connectivity index (χ4n) is 2.53. The van der Waals surface area contributed by atoms with Crippen LogP contribution in [0.1, 0.15) is 39.5 Å². The molecule has 2 N–H and O–H groups in total. The molecule has 0 aliphatic heterocycles. The number of nitrogens with two attached hydrogens (primary N) is 1. The van der Waals surface area contributed by atoms with Gasteiger partial charge in [-0.2, -0.15) is 0 Å². The van der Waals surface area contributed by atoms with Gasteiger partial charge in [0.2, 0.25) is 0 Å². The first-order valence-corrected chi connectivity index (χ1v) is 5.89. The molecule has 0 aromatic rings. The van der Waals surface area contributed by atoms with Crippen molar-refractivity contribution < 1.29 is 4.74 Å². The zero-order valence-corrected chi connectivity index (χ0v) is 9.83. The van der Waals surface area contributed by atoms with E-state index >= 15 is 0 Å². The minimum atomic E-state index is 0.417. The molecule has 0 heterocycles. The van der Waals surface area contributed by atoms with Crippen LogP contribution in [-0.2, 0) is 4.74 Å². The van der Waals surface area contributed by atoms with Gasteiger partial charge in [0, 0.05) is 19.8 Å². The summed E-state index contributed by atoms with van der Waals surface area (Å²) in [6, 6.07) is 0.417. The van der Waals surface area contributed by atoms with Crippen molar-refractivity contribution >= 4 is 0 Å². The second-order valence-corrected chi connectivity index (χ2v) is 5.02. The normalized spacial score (nSPS) is 33.6. The van der Waals surface area contributed by atoms with Crippen molar-refractivity contribution in [3.63, 3.8) is 0 Å². The monoisotopic (exact) mass is 199 g/mol. The summed E-state index contributed by atoms with van der Waals surface area (Å²) in [6.45, 7) is 5.52. The highest BCUT2D eigenvalue weighted by Gasteiger charge is 2.29. The van der Waals surface area contributed by atoms with Crippen LogP contribution in [0, 0.1) is 17.8 Å². The van der Waals surface area contributed by atoms with E-state index in [2.05, 4.69) is 13.8 Å². The van der Waals surface area contributed by atoms with Crippen LogP contribution >= 0.6 is 0 Å². The smallest absolute Gasteiger partial charge is 0.0465 e. The molecular formula is C12H25NO. The van der Waals surface area contributed by atoms with Crippen LogP contribution in [0.25, 0.3) is 0 Å². The lowest BCUT2D eigenvalue weighted by atomic mass is 9.73. The first kappa shape index (κ1) is 12.0. The molecule has 0 bridgehead atoms. The highest BCUT2D eigenvalue weighted by Crippen LogP contribution is 2.34. The Hall–Kier alpha value is -0.0800. The van der Waals surface area contributed by atoms with Crippen LogP contribution in [0.2, 0.25) is 0 Å². The molecule has 1 saturated carbocycles. The van der Waals surface area contributed by atoms with Crippen LogP contribution in [-0.4, -0.2) is 19.8 Å². The van der Waals surface area contributed by atoms with Crippen molar-refractivity contribution in [2.45, 2.75) is 45.6 Å². The van der Waals surface area contributed by atoms with Gasteiger partial charge < -0.3 is 10.5 Å². The average Bonchev–Trinajstić information content (AvgIpc) is 2.16. The molecule has 0 amide bonds. The lowest BCUT2D eigenvalue weighted by Gasteiger charge is -2.36. The molecule has 2 heteroatoms. The Balaban J connectivity index is 2.38. The summed E-state index contributed by atoms with van der Waals surface area (Å²) in [7, 11) is 1.77. The van der Waals surface area contributed by atoms with Gasteiger partial charge >= 0.3 is 0 Å². The average molecular weight is 199 g/mol. The van der Waals surface area contributed by atoms with E-state index in [9.17, 15) is 0 Å². The largest absolute Gasteiger partial charge is 0.385 e. The molecule has 2 nitrogen and oxygen atoms in total. The van der Waals surface area contributed by atoms with Crippen LogP contribution in [0.15, 0.2) is 0 Å². The quantitative estimate of drug-likeness (QED) is 0.754. The Morgan fingerprint density at radius 3 is 2.64 bits per heavy atom. The molecule has 0 saturated heterocycles. The summed E-state index contributed by atoms with van der Waals surface area (Å²) in [4.78, 5) is 0. The van der Waals surface area contributed by atoms with Crippen molar-refractivity contribution in [2.75, 3.05) is 13.7 Å². The molecule has 14 heavy (non-hydrogen) atoms. The molecule has 0 radical (unpaired) electrons. The molecule has 1 aliphatic rings. The van der Waals surface area contributed by atoms with Crippen LogP contribution in [0.3, 0.4) is 0 Å². The standard InChI is InChI=1S/C12H25NO/c1-9(2)10-4-5-12(13)11(8-10)6-7-14-3/h9-12H,4-8,13H2,1-3H3. The maximum atomic E-state index is 6.13. The van der Waals surface area contributed by atoms with Gasteiger partial charge in [-0.3, -0.25) is 0 Å². The number of hydrogen-bond donors (Lipinski definition) is 1. The molecule has 1 rings (SSSR count). The number of hydrogen-bond acceptors (Lipinski definition) is 2. The zero-order chi connectivity index (χ0) is 10.6. The van der Waals surface area contributed by atoms with E-state index in [1.54, 1.807) is 7.11 Å². The Bertz CT molecular complexity index is 158. The first-order chi connectivity index (χ1) is 6.65. The summed E-state index contributed by atoms with van der Waals surface area (Å²) in [5.41, 5.74) is 6.13. The van der Waals surface area contributed by atoms with E-state index < -0.39 is 0 Å². The van der Waals surface area contributed by atoms with E-state index in [1.165, 1.54) is 19.3 Å². The molecule has 0 aromatic carbocycles. The third-order valence-electron chi connectivity index (χ3n) is 3.72. The van der Waals surface area contributed by atoms with E-state index in [-0.39, 0.29) is 0 Å². The Kier molecular flexibility index (Phi) is 4.90. The van der Waals surface area contributed by atoms with E-state index in [1.807, 2.05) is 0 Å². The van der Waals surface area contributed by atoms with Gasteiger partial charge in [0.1, 0.15) is 0 Å². The second-order valence-electron chi connectivity index (χ2n) is 5.02.